The van der Waals surface area contributed by atoms with Crippen molar-refractivity contribution < 1.29 is 42.8 Å². The number of halogens is 3. The van der Waals surface area contributed by atoms with E-state index in [1.54, 1.807) is 7.11 Å². The molecule has 10 heteroatoms. The van der Waals surface area contributed by atoms with E-state index in [0.717, 1.165) is 37.0 Å². The molecule has 6 aliphatic rings. The molecule has 0 aromatic heterocycles. The molecule has 3 fully saturated rings. The predicted molar refractivity (Wildman–Crippen MR) is 199 cm³/mol. The molecule has 0 saturated heterocycles. The summed E-state index contributed by atoms with van der Waals surface area (Å²) in [5, 5.41) is 35.1. The Labute approximate surface area is 317 Å². The number of carbonyl (C=O) groups is 1. The third-order valence-corrected chi connectivity index (χ3v) is 14.6. The molecule has 3 N–H and O–H groups in total. The largest absolute Gasteiger partial charge is 0.416 e. The van der Waals surface area contributed by atoms with Crippen LogP contribution in [-0.2, 0) is 22.3 Å². The number of allylic oxidation sites excluding steroid dienone is 4. The number of ether oxygens (including phenoxy) is 2. The molecule has 54 heavy (non-hydrogen) atoms. The minimum absolute atomic E-state index is 0.00735. The molecule has 9 unspecified atom stereocenters. The lowest BCUT2D eigenvalue weighted by atomic mass is 9.32. The van der Waals surface area contributed by atoms with Crippen LogP contribution in [0.15, 0.2) is 78.4 Å². The Hall–Kier alpha value is -2.86. The molecule has 0 aliphatic heterocycles. The van der Waals surface area contributed by atoms with Gasteiger partial charge < -0.3 is 24.8 Å². The molecule has 0 amide bonds. The summed E-state index contributed by atoms with van der Waals surface area (Å²) in [7, 11) is 1.65. The molecular formula is C44H56F3NO6. The van der Waals surface area contributed by atoms with Gasteiger partial charge in [-0.1, -0.05) is 74.5 Å². The van der Waals surface area contributed by atoms with Gasteiger partial charge in [-0.05, 0) is 86.3 Å². The number of alkyl halides is 3. The zero-order chi connectivity index (χ0) is 38.6. The number of nitrogens with zero attached hydrogens (tertiary/aromatic N) is 1. The van der Waals surface area contributed by atoms with Gasteiger partial charge in [-0.25, -0.2) is 0 Å². The number of fused-ring (bicyclic) bond motifs is 1. The second-order valence-electron chi connectivity index (χ2n) is 17.5. The molecule has 8 rings (SSSR count). The third kappa shape index (κ3) is 6.52. The maximum atomic E-state index is 14.8. The Bertz CT molecular complexity index is 1750. The van der Waals surface area contributed by atoms with E-state index in [1.165, 1.54) is 12.1 Å². The Morgan fingerprint density at radius 2 is 1.70 bits per heavy atom. The van der Waals surface area contributed by atoms with Crippen LogP contribution in [0.5, 0.6) is 0 Å². The highest BCUT2D eigenvalue weighted by atomic mass is 19.4. The fourth-order valence-corrected chi connectivity index (χ4v) is 11.9. The normalized spacial score (nSPS) is 36.0. The molecule has 0 heterocycles. The van der Waals surface area contributed by atoms with E-state index in [-0.39, 0.29) is 29.4 Å². The van der Waals surface area contributed by atoms with Gasteiger partial charge in [0, 0.05) is 60.7 Å². The Morgan fingerprint density at radius 3 is 2.44 bits per heavy atom. The second-order valence-corrected chi connectivity index (χ2v) is 17.5. The summed E-state index contributed by atoms with van der Waals surface area (Å²) in [4.78, 5) is 16.9. The summed E-state index contributed by atoms with van der Waals surface area (Å²) in [6.45, 7) is 6.71. The highest BCUT2D eigenvalue weighted by Crippen LogP contribution is 2.78. The first-order valence-electron chi connectivity index (χ1n) is 19.7. The molecule has 0 radical (unpaired) electrons. The monoisotopic (exact) mass is 751 g/mol. The first-order valence-corrected chi connectivity index (χ1v) is 19.7. The van der Waals surface area contributed by atoms with Crippen LogP contribution in [0.3, 0.4) is 0 Å². The van der Waals surface area contributed by atoms with Gasteiger partial charge in [-0.3, -0.25) is 9.69 Å². The molecule has 7 nitrogen and oxygen atoms in total. The first kappa shape index (κ1) is 39.4. The highest BCUT2D eigenvalue weighted by molar-refractivity contribution is 6.10. The number of aliphatic hydroxyl groups is 3. The maximum absolute atomic E-state index is 14.8. The van der Waals surface area contributed by atoms with Gasteiger partial charge in [-0.15, -0.1) is 0 Å². The molecule has 2 aromatic carbocycles. The zero-order valence-electron chi connectivity index (χ0n) is 31.8. The van der Waals surface area contributed by atoms with E-state index in [9.17, 15) is 33.3 Å². The fraction of sp³-hybridized carbons (Fsp3) is 0.614. The van der Waals surface area contributed by atoms with Crippen molar-refractivity contribution in [2.24, 2.45) is 33.5 Å². The van der Waals surface area contributed by atoms with Crippen molar-refractivity contribution >= 4 is 5.78 Å². The summed E-state index contributed by atoms with van der Waals surface area (Å²) < 4.78 is 52.9. The van der Waals surface area contributed by atoms with Gasteiger partial charge in [0.15, 0.2) is 5.78 Å². The maximum Gasteiger partial charge on any atom is 0.416 e. The van der Waals surface area contributed by atoms with Crippen molar-refractivity contribution in [3.63, 3.8) is 0 Å². The van der Waals surface area contributed by atoms with Gasteiger partial charge in [0.2, 0.25) is 0 Å². The van der Waals surface area contributed by atoms with Crippen LogP contribution in [-0.4, -0.2) is 83.8 Å². The molecule has 9 atom stereocenters. The lowest BCUT2D eigenvalue weighted by molar-refractivity contribution is -0.177. The average Bonchev–Trinajstić information content (AvgIpc) is 3.41. The smallest absolute Gasteiger partial charge is 0.393 e. The van der Waals surface area contributed by atoms with Gasteiger partial charge >= 0.3 is 6.18 Å². The average molecular weight is 752 g/mol. The van der Waals surface area contributed by atoms with Crippen molar-refractivity contribution in [2.75, 3.05) is 40.0 Å². The fourth-order valence-electron chi connectivity index (χ4n) is 11.9. The number of hydrogen-bond donors (Lipinski definition) is 3. The predicted octanol–water partition coefficient (Wildman–Crippen LogP) is 7.40. The van der Waals surface area contributed by atoms with E-state index >= 15 is 0 Å². The first-order chi connectivity index (χ1) is 25.6. The van der Waals surface area contributed by atoms with Crippen LogP contribution in [0.2, 0.25) is 0 Å². The van der Waals surface area contributed by atoms with Crippen LogP contribution in [0.25, 0.3) is 0 Å². The Morgan fingerprint density at radius 1 is 0.981 bits per heavy atom. The zero-order valence-corrected chi connectivity index (χ0v) is 31.8. The second kappa shape index (κ2) is 14.6. The number of rotatable bonds is 14. The van der Waals surface area contributed by atoms with Gasteiger partial charge in [0.1, 0.15) is 0 Å². The van der Waals surface area contributed by atoms with E-state index in [4.69, 9.17) is 9.47 Å². The van der Waals surface area contributed by atoms with E-state index in [1.807, 2.05) is 36.4 Å². The minimum Gasteiger partial charge on any atom is -0.393 e. The standard InChI is InChI=1S/C44H56F3NO6/c1-39-16-13-33(49)24-41(39)19-20-43(35(25-41)38(51)31-11-7-12-32(23-31)44(45,46)47)36(39)14-17-40(2)37(43)15-18-42(40,52)29-48(21-8-22-53-3)26-34(50)28-54-27-30-9-5-4-6-10-30/h4-7,9-12,19-20,23,25,33-34,36-37,49-50,52H,8,13-18,21-22,24,26-29H2,1-3H3. The van der Waals surface area contributed by atoms with Crippen molar-refractivity contribution in [1.29, 1.82) is 0 Å². The van der Waals surface area contributed by atoms with Crippen molar-refractivity contribution in [1.82, 2.24) is 4.90 Å². The van der Waals surface area contributed by atoms with Crippen LogP contribution in [0.1, 0.15) is 86.7 Å². The van der Waals surface area contributed by atoms with Crippen LogP contribution >= 0.6 is 0 Å². The number of hydrogen-bond acceptors (Lipinski definition) is 7. The summed E-state index contributed by atoms with van der Waals surface area (Å²) in [5.74, 6) is -0.552. The van der Waals surface area contributed by atoms with Crippen molar-refractivity contribution in [3.05, 3.63) is 95.1 Å². The summed E-state index contributed by atoms with van der Waals surface area (Å²) in [6, 6.07) is 14.5. The number of aliphatic hydroxyl groups excluding tert-OH is 2. The third-order valence-electron chi connectivity index (χ3n) is 14.6. The topological polar surface area (TPSA) is 99.5 Å². The lowest BCUT2D eigenvalue weighted by Gasteiger charge is -2.71. The molecular weight excluding hydrogens is 695 g/mol. The van der Waals surface area contributed by atoms with Crippen LogP contribution in [0.4, 0.5) is 13.2 Å². The quantitative estimate of drug-likeness (QED) is 0.105. The molecule has 2 bridgehead atoms. The number of carbonyl (C=O) groups excluding carboxylic acids is 1. The number of methoxy groups -OCH3 is 1. The molecule has 2 spiro atoms. The Kier molecular flexibility index (Phi) is 10.6. The summed E-state index contributed by atoms with van der Waals surface area (Å²) in [6.07, 6.45) is 5.68. The van der Waals surface area contributed by atoms with E-state index < -0.39 is 51.6 Å². The van der Waals surface area contributed by atoms with Gasteiger partial charge in [0.05, 0.1) is 36.6 Å². The highest BCUT2D eigenvalue weighted by Gasteiger charge is 2.74. The molecule has 6 aliphatic carbocycles. The van der Waals surface area contributed by atoms with Gasteiger partial charge in [-0.2, -0.15) is 13.2 Å². The summed E-state index contributed by atoms with van der Waals surface area (Å²) in [5.41, 5.74) is -2.78. The number of ketones is 1. The van der Waals surface area contributed by atoms with E-state index in [0.29, 0.717) is 70.5 Å². The van der Waals surface area contributed by atoms with Gasteiger partial charge in [0.25, 0.3) is 0 Å². The molecule has 294 valence electrons. The van der Waals surface area contributed by atoms with Crippen LogP contribution < -0.4 is 0 Å². The molecule has 3 saturated carbocycles. The van der Waals surface area contributed by atoms with Crippen molar-refractivity contribution in [2.45, 2.75) is 95.8 Å². The lowest BCUT2D eigenvalue weighted by Crippen LogP contribution is -2.67. The van der Waals surface area contributed by atoms with E-state index in [2.05, 4.69) is 30.9 Å². The SMILES string of the molecule is COCCCN(CC(O)COCc1ccccc1)CC1(O)CCC2C34C=CC5(C=C3C(=O)c3cccc(C(F)(F)F)c3)CC(O)CCC5(C)C4CCC21C. The van der Waals surface area contributed by atoms with Crippen molar-refractivity contribution in [3.8, 4) is 0 Å². The number of benzene rings is 2. The Balaban J connectivity index is 1.21. The summed E-state index contributed by atoms with van der Waals surface area (Å²) >= 11 is 0. The number of Topliss-reactive ketones (excluding diaryl/α,β-unsaturated/α-hetero) is 1. The minimum atomic E-state index is -4.59. The molecule has 2 aromatic rings. The van der Waals surface area contributed by atoms with Crippen LogP contribution in [0, 0.1) is 33.5 Å².